The predicted molar refractivity (Wildman–Crippen MR) is 81.1 cm³/mol. The fourth-order valence-corrected chi connectivity index (χ4v) is 2.32. The molecule has 0 bridgehead atoms. The van der Waals surface area contributed by atoms with Crippen molar-refractivity contribution in [2.24, 2.45) is 5.73 Å². The molecule has 2 rings (SSSR count). The zero-order valence-corrected chi connectivity index (χ0v) is 12.4. The fraction of sp³-hybridized carbons (Fsp3) is 0.133. The Morgan fingerprint density at radius 1 is 1.30 bits per heavy atom. The maximum atomic E-state index is 13.8. The Morgan fingerprint density at radius 3 is 2.75 bits per heavy atom. The van der Waals surface area contributed by atoms with Gasteiger partial charge in [0.1, 0.15) is 5.82 Å². The third-order valence-electron chi connectivity index (χ3n) is 2.95. The second-order valence-electron chi connectivity index (χ2n) is 4.48. The molecule has 0 spiro atoms. The first-order chi connectivity index (χ1) is 9.47. The molecule has 0 saturated carbocycles. The van der Waals surface area contributed by atoms with Gasteiger partial charge in [-0.2, -0.15) is 0 Å². The van der Waals surface area contributed by atoms with Gasteiger partial charge in [0.15, 0.2) is 0 Å². The molecule has 0 aliphatic rings. The van der Waals surface area contributed by atoms with Gasteiger partial charge in [-0.15, -0.1) is 0 Å². The number of nitrogens with one attached hydrogen (secondary N) is 1. The summed E-state index contributed by atoms with van der Waals surface area (Å²) in [5.41, 5.74) is 6.91. The molecule has 0 heterocycles. The van der Waals surface area contributed by atoms with E-state index in [0.717, 1.165) is 4.47 Å². The van der Waals surface area contributed by atoms with Crippen molar-refractivity contribution in [1.29, 1.82) is 0 Å². The zero-order valence-electron chi connectivity index (χ0n) is 10.9. The first kappa shape index (κ1) is 14.5. The van der Waals surface area contributed by atoms with Crippen molar-refractivity contribution >= 4 is 27.5 Å². The van der Waals surface area contributed by atoms with E-state index in [1.54, 1.807) is 36.4 Å². The number of hydrogen-bond acceptors (Lipinski definition) is 2. The SMILES string of the molecule is CC(Nc1cccc(C(N)=O)c1)c1cc(Br)ccc1F. The number of carbonyl (C=O) groups excluding carboxylic acids is 1. The summed E-state index contributed by atoms with van der Waals surface area (Å²) in [6, 6.07) is 11.4. The van der Waals surface area contributed by atoms with E-state index in [9.17, 15) is 9.18 Å². The van der Waals surface area contributed by atoms with Gasteiger partial charge in [0.05, 0.1) is 6.04 Å². The molecule has 5 heteroatoms. The Morgan fingerprint density at radius 2 is 2.05 bits per heavy atom. The highest BCUT2D eigenvalue weighted by atomic mass is 79.9. The second-order valence-corrected chi connectivity index (χ2v) is 5.39. The molecule has 0 aliphatic heterocycles. The molecule has 1 atom stereocenters. The van der Waals surface area contributed by atoms with E-state index in [2.05, 4.69) is 21.2 Å². The summed E-state index contributed by atoms with van der Waals surface area (Å²) in [5, 5.41) is 3.15. The lowest BCUT2D eigenvalue weighted by atomic mass is 10.1. The Labute approximate surface area is 125 Å². The van der Waals surface area contributed by atoms with Crippen molar-refractivity contribution in [3.8, 4) is 0 Å². The summed E-state index contributed by atoms with van der Waals surface area (Å²) in [7, 11) is 0. The van der Waals surface area contributed by atoms with Gasteiger partial charge in [-0.25, -0.2) is 4.39 Å². The van der Waals surface area contributed by atoms with E-state index in [-0.39, 0.29) is 11.9 Å². The average molecular weight is 337 g/mol. The molecule has 3 nitrogen and oxygen atoms in total. The highest BCUT2D eigenvalue weighted by molar-refractivity contribution is 9.10. The van der Waals surface area contributed by atoms with Gasteiger partial charge in [-0.1, -0.05) is 22.0 Å². The van der Waals surface area contributed by atoms with Gasteiger partial charge in [0, 0.05) is 21.3 Å². The van der Waals surface area contributed by atoms with Crippen LogP contribution in [0.3, 0.4) is 0 Å². The quantitative estimate of drug-likeness (QED) is 0.890. The maximum absolute atomic E-state index is 13.8. The van der Waals surface area contributed by atoms with Crippen molar-refractivity contribution in [2.75, 3.05) is 5.32 Å². The van der Waals surface area contributed by atoms with Crippen LogP contribution in [0.1, 0.15) is 28.9 Å². The molecule has 2 aromatic rings. The second kappa shape index (κ2) is 6.05. The van der Waals surface area contributed by atoms with Crippen LogP contribution in [-0.4, -0.2) is 5.91 Å². The van der Waals surface area contributed by atoms with Crippen molar-refractivity contribution in [1.82, 2.24) is 0 Å². The van der Waals surface area contributed by atoms with Gasteiger partial charge in [0.2, 0.25) is 5.91 Å². The van der Waals surface area contributed by atoms with Crippen LogP contribution in [0.15, 0.2) is 46.9 Å². The lowest BCUT2D eigenvalue weighted by Crippen LogP contribution is -2.12. The molecule has 20 heavy (non-hydrogen) atoms. The summed E-state index contributed by atoms with van der Waals surface area (Å²) in [6.45, 7) is 1.85. The molecule has 1 unspecified atom stereocenters. The van der Waals surface area contributed by atoms with Crippen LogP contribution in [0.25, 0.3) is 0 Å². The summed E-state index contributed by atoms with van der Waals surface area (Å²) in [6.07, 6.45) is 0. The number of primary amides is 1. The third-order valence-corrected chi connectivity index (χ3v) is 3.45. The molecular weight excluding hydrogens is 323 g/mol. The van der Waals surface area contributed by atoms with Crippen LogP contribution < -0.4 is 11.1 Å². The lowest BCUT2D eigenvalue weighted by Gasteiger charge is -2.17. The number of benzene rings is 2. The van der Waals surface area contributed by atoms with Gasteiger partial charge in [0.25, 0.3) is 0 Å². The minimum Gasteiger partial charge on any atom is -0.378 e. The summed E-state index contributed by atoms with van der Waals surface area (Å²) in [5.74, 6) is -0.769. The number of amides is 1. The molecule has 0 aliphatic carbocycles. The number of rotatable bonds is 4. The van der Waals surface area contributed by atoms with Crippen molar-refractivity contribution in [3.05, 3.63) is 63.9 Å². The average Bonchev–Trinajstić information content (AvgIpc) is 2.41. The number of nitrogens with two attached hydrogens (primary N) is 1. The number of halogens is 2. The first-order valence-electron chi connectivity index (χ1n) is 6.08. The van der Waals surface area contributed by atoms with E-state index in [0.29, 0.717) is 16.8 Å². The largest absolute Gasteiger partial charge is 0.378 e. The zero-order chi connectivity index (χ0) is 14.7. The molecule has 1 amide bonds. The molecule has 0 saturated heterocycles. The van der Waals surface area contributed by atoms with Crippen LogP contribution in [0.4, 0.5) is 10.1 Å². The molecule has 2 aromatic carbocycles. The lowest BCUT2D eigenvalue weighted by molar-refractivity contribution is 0.100. The number of carbonyl (C=O) groups is 1. The minimum atomic E-state index is -0.491. The first-order valence-corrected chi connectivity index (χ1v) is 6.88. The highest BCUT2D eigenvalue weighted by Crippen LogP contribution is 2.25. The van der Waals surface area contributed by atoms with Crippen molar-refractivity contribution in [2.45, 2.75) is 13.0 Å². The Balaban J connectivity index is 2.23. The molecular formula is C15H14BrFN2O. The normalized spacial score (nSPS) is 11.9. The van der Waals surface area contributed by atoms with Crippen molar-refractivity contribution in [3.63, 3.8) is 0 Å². The van der Waals surface area contributed by atoms with E-state index in [1.807, 2.05) is 6.92 Å². The van der Waals surface area contributed by atoms with Crippen LogP contribution in [-0.2, 0) is 0 Å². The predicted octanol–water partition coefficient (Wildman–Crippen LogP) is 3.86. The Hall–Kier alpha value is -1.88. The maximum Gasteiger partial charge on any atom is 0.248 e. The topological polar surface area (TPSA) is 55.1 Å². The van der Waals surface area contributed by atoms with Gasteiger partial charge in [-0.3, -0.25) is 4.79 Å². The fourth-order valence-electron chi connectivity index (χ4n) is 1.94. The summed E-state index contributed by atoms with van der Waals surface area (Å²) >= 11 is 3.33. The monoisotopic (exact) mass is 336 g/mol. The van der Waals surface area contributed by atoms with Crippen LogP contribution in [0.5, 0.6) is 0 Å². The Bertz CT molecular complexity index is 646. The molecule has 3 N–H and O–H groups in total. The van der Waals surface area contributed by atoms with E-state index >= 15 is 0 Å². The minimum absolute atomic E-state index is 0.240. The number of hydrogen-bond donors (Lipinski definition) is 2. The van der Waals surface area contributed by atoms with Gasteiger partial charge >= 0.3 is 0 Å². The summed E-state index contributed by atoms with van der Waals surface area (Å²) < 4.78 is 14.6. The summed E-state index contributed by atoms with van der Waals surface area (Å²) in [4.78, 5) is 11.1. The Kier molecular flexibility index (Phi) is 4.39. The van der Waals surface area contributed by atoms with Crippen molar-refractivity contribution < 1.29 is 9.18 Å². The van der Waals surface area contributed by atoms with Crippen LogP contribution in [0, 0.1) is 5.82 Å². The van der Waals surface area contributed by atoms with Gasteiger partial charge < -0.3 is 11.1 Å². The number of anilines is 1. The van der Waals surface area contributed by atoms with Crippen LogP contribution >= 0.6 is 15.9 Å². The molecule has 0 fully saturated rings. The van der Waals surface area contributed by atoms with E-state index in [1.165, 1.54) is 6.07 Å². The van der Waals surface area contributed by atoms with Gasteiger partial charge in [-0.05, 0) is 43.3 Å². The van der Waals surface area contributed by atoms with Crippen LogP contribution in [0.2, 0.25) is 0 Å². The third kappa shape index (κ3) is 3.36. The molecule has 104 valence electrons. The standard InChI is InChI=1S/C15H14BrFN2O/c1-9(13-8-11(16)5-6-14(13)17)19-12-4-2-3-10(7-12)15(18)20/h2-9,19H,1H3,(H2,18,20). The highest BCUT2D eigenvalue weighted by Gasteiger charge is 2.12. The smallest absolute Gasteiger partial charge is 0.248 e. The van der Waals surface area contributed by atoms with E-state index < -0.39 is 5.91 Å². The van der Waals surface area contributed by atoms with E-state index in [4.69, 9.17) is 5.73 Å². The molecule has 0 aromatic heterocycles. The molecule has 0 radical (unpaired) electrons.